The first kappa shape index (κ1) is 26.0. The lowest BCUT2D eigenvalue weighted by Crippen LogP contribution is -2.53. The van der Waals surface area contributed by atoms with Gasteiger partial charge in [0.1, 0.15) is 17.9 Å². The lowest BCUT2D eigenvalue weighted by molar-refractivity contribution is -0.134. The summed E-state index contributed by atoms with van der Waals surface area (Å²) in [7, 11) is 1.59. The predicted octanol–water partition coefficient (Wildman–Crippen LogP) is 3.45. The first-order valence-electron chi connectivity index (χ1n) is 12.3. The number of likely N-dealkylation sites (N-methyl/N-ethyl adjacent to an activating group) is 1. The molecule has 0 radical (unpaired) electrons. The Morgan fingerprint density at radius 2 is 1.68 bits per heavy atom. The second-order valence-corrected chi connectivity index (χ2v) is 10.4. The fraction of sp³-hybridized carbons (Fsp3) is 0.654. The minimum atomic E-state index is -0.585. The number of ether oxygens (including phenoxy) is 2. The van der Waals surface area contributed by atoms with Crippen molar-refractivity contribution in [1.29, 1.82) is 0 Å². The summed E-state index contributed by atoms with van der Waals surface area (Å²) in [6, 6.07) is 7.79. The van der Waals surface area contributed by atoms with Crippen LogP contribution in [-0.4, -0.2) is 90.5 Å². The second kappa shape index (κ2) is 11.2. The summed E-state index contributed by atoms with van der Waals surface area (Å²) in [5, 5.41) is 0. The average Bonchev–Trinajstić information content (AvgIpc) is 3.63. The zero-order valence-corrected chi connectivity index (χ0v) is 21.2. The maximum Gasteiger partial charge on any atom is 0.410 e. The third-order valence-corrected chi connectivity index (χ3v) is 6.26. The highest BCUT2D eigenvalue weighted by molar-refractivity contribution is 5.99. The van der Waals surface area contributed by atoms with Crippen molar-refractivity contribution in [3.63, 3.8) is 0 Å². The van der Waals surface area contributed by atoms with Gasteiger partial charge in [-0.3, -0.25) is 14.5 Å². The number of Topliss-reactive ketones (excluding diaryl/α,β-unsaturated/α-hetero) is 1. The molecule has 2 aliphatic rings. The minimum absolute atomic E-state index is 0.0172. The van der Waals surface area contributed by atoms with E-state index in [0.29, 0.717) is 25.7 Å². The summed E-state index contributed by atoms with van der Waals surface area (Å²) in [4.78, 5) is 42.3. The van der Waals surface area contributed by atoms with Gasteiger partial charge in [0.05, 0.1) is 6.61 Å². The molecule has 8 nitrogen and oxygen atoms in total. The lowest BCUT2D eigenvalue weighted by Gasteiger charge is -2.38. The van der Waals surface area contributed by atoms with Crippen molar-refractivity contribution in [2.75, 3.05) is 46.4 Å². The molecular weight excluding hydrogens is 434 g/mol. The number of ketones is 1. The van der Waals surface area contributed by atoms with Crippen LogP contribution < -0.4 is 4.74 Å². The third kappa shape index (κ3) is 7.72. The number of carbonyl (C=O) groups excluding carboxylic acids is 3. The number of amides is 2. The molecule has 8 heteroatoms. The molecule has 1 atom stereocenters. The highest BCUT2D eigenvalue weighted by atomic mass is 16.6. The standard InChI is InChI=1S/C26H39N3O5/c1-19(12-17-33-22-10-8-21(9-11-22)24(31)20-6-7-20)28-13-15-29(16-14-28)23(30)18-27(5)25(32)34-26(2,3)4/h8-11,19-20H,6-7,12-18H2,1-5H3. The normalized spacial score (nSPS) is 17.7. The minimum Gasteiger partial charge on any atom is -0.494 e. The van der Waals surface area contributed by atoms with Crippen LogP contribution in [0.1, 0.15) is 57.3 Å². The van der Waals surface area contributed by atoms with Crippen molar-refractivity contribution in [2.24, 2.45) is 5.92 Å². The Kier molecular flexibility index (Phi) is 8.57. The number of rotatable bonds is 9. The molecule has 34 heavy (non-hydrogen) atoms. The molecule has 1 aromatic carbocycles. The van der Waals surface area contributed by atoms with Gasteiger partial charge >= 0.3 is 6.09 Å². The number of hydrogen-bond donors (Lipinski definition) is 0. The molecule has 1 heterocycles. The number of piperazine rings is 1. The number of nitrogens with zero attached hydrogens (tertiary/aromatic N) is 3. The Hall–Kier alpha value is -2.61. The maximum absolute atomic E-state index is 12.6. The van der Waals surface area contributed by atoms with Gasteiger partial charge < -0.3 is 19.3 Å². The van der Waals surface area contributed by atoms with Crippen LogP contribution in [0.4, 0.5) is 4.79 Å². The van der Waals surface area contributed by atoms with E-state index < -0.39 is 11.7 Å². The highest BCUT2D eigenvalue weighted by Gasteiger charge is 2.30. The fourth-order valence-electron chi connectivity index (χ4n) is 3.95. The molecule has 0 bridgehead atoms. The van der Waals surface area contributed by atoms with Gasteiger partial charge in [-0.2, -0.15) is 0 Å². The van der Waals surface area contributed by atoms with E-state index in [4.69, 9.17) is 9.47 Å². The van der Waals surface area contributed by atoms with E-state index in [2.05, 4.69) is 11.8 Å². The van der Waals surface area contributed by atoms with Gasteiger partial charge in [-0.25, -0.2) is 4.79 Å². The molecule has 1 aliphatic carbocycles. The predicted molar refractivity (Wildman–Crippen MR) is 130 cm³/mol. The van der Waals surface area contributed by atoms with Crippen molar-refractivity contribution >= 4 is 17.8 Å². The number of benzene rings is 1. The SMILES string of the molecule is CC(CCOc1ccc(C(=O)C2CC2)cc1)N1CCN(C(=O)CN(C)C(=O)OC(C)(C)C)CC1. The van der Waals surface area contributed by atoms with E-state index >= 15 is 0 Å². The monoisotopic (exact) mass is 473 g/mol. The molecule has 1 unspecified atom stereocenters. The van der Waals surface area contributed by atoms with Crippen LogP contribution in [0, 0.1) is 5.92 Å². The summed E-state index contributed by atoms with van der Waals surface area (Å²) in [5.41, 5.74) is 0.186. The lowest BCUT2D eigenvalue weighted by atomic mass is 10.1. The highest BCUT2D eigenvalue weighted by Crippen LogP contribution is 2.32. The van der Waals surface area contributed by atoms with Gasteiger partial charge in [0.2, 0.25) is 5.91 Å². The van der Waals surface area contributed by atoms with Crippen LogP contribution in [0.2, 0.25) is 0 Å². The molecule has 2 amide bonds. The quantitative estimate of drug-likeness (QED) is 0.511. The zero-order valence-electron chi connectivity index (χ0n) is 21.2. The van der Waals surface area contributed by atoms with Gasteiger partial charge in [-0.1, -0.05) is 0 Å². The Morgan fingerprint density at radius 3 is 2.24 bits per heavy atom. The topological polar surface area (TPSA) is 79.4 Å². The summed E-state index contributed by atoms with van der Waals surface area (Å²) >= 11 is 0. The Labute approximate surface area is 203 Å². The van der Waals surface area contributed by atoms with Crippen LogP contribution in [0.5, 0.6) is 5.75 Å². The first-order valence-corrected chi connectivity index (χ1v) is 12.3. The molecule has 1 saturated heterocycles. The first-order chi connectivity index (χ1) is 16.0. The molecule has 3 rings (SSSR count). The molecular formula is C26H39N3O5. The summed E-state index contributed by atoms with van der Waals surface area (Å²) < 4.78 is 11.2. The van der Waals surface area contributed by atoms with Crippen molar-refractivity contribution in [3.8, 4) is 5.75 Å². The molecule has 1 aromatic rings. The summed E-state index contributed by atoms with van der Waals surface area (Å²) in [6.07, 6.45) is 2.41. The average molecular weight is 474 g/mol. The largest absolute Gasteiger partial charge is 0.494 e. The smallest absolute Gasteiger partial charge is 0.410 e. The second-order valence-electron chi connectivity index (χ2n) is 10.4. The van der Waals surface area contributed by atoms with Gasteiger partial charge in [0.25, 0.3) is 0 Å². The van der Waals surface area contributed by atoms with Gasteiger partial charge in [0.15, 0.2) is 5.78 Å². The third-order valence-electron chi connectivity index (χ3n) is 6.26. The molecule has 1 aliphatic heterocycles. The van der Waals surface area contributed by atoms with E-state index in [1.165, 1.54) is 4.90 Å². The van der Waals surface area contributed by atoms with E-state index in [1.807, 2.05) is 29.2 Å². The van der Waals surface area contributed by atoms with Crippen LogP contribution in [0.3, 0.4) is 0 Å². The Morgan fingerprint density at radius 1 is 1.06 bits per heavy atom. The molecule has 0 N–H and O–H groups in total. The number of carbonyl (C=O) groups is 3. The van der Waals surface area contributed by atoms with Gasteiger partial charge in [0, 0.05) is 50.7 Å². The Balaban J connectivity index is 1.34. The molecule has 1 saturated carbocycles. The van der Waals surface area contributed by atoms with E-state index in [9.17, 15) is 14.4 Å². The van der Waals surface area contributed by atoms with E-state index in [1.54, 1.807) is 27.8 Å². The molecule has 2 fully saturated rings. The summed E-state index contributed by atoms with van der Waals surface area (Å²) in [5.74, 6) is 1.19. The molecule has 0 aromatic heterocycles. The van der Waals surface area contributed by atoms with Gasteiger partial charge in [-0.05, 0) is 71.2 Å². The van der Waals surface area contributed by atoms with E-state index in [0.717, 1.165) is 43.7 Å². The van der Waals surface area contributed by atoms with Gasteiger partial charge in [-0.15, -0.1) is 0 Å². The molecule has 0 spiro atoms. The van der Waals surface area contributed by atoms with Crippen molar-refractivity contribution in [3.05, 3.63) is 29.8 Å². The van der Waals surface area contributed by atoms with Crippen LogP contribution >= 0.6 is 0 Å². The van der Waals surface area contributed by atoms with Crippen LogP contribution in [-0.2, 0) is 9.53 Å². The van der Waals surface area contributed by atoms with Crippen LogP contribution in [0.15, 0.2) is 24.3 Å². The zero-order chi connectivity index (χ0) is 24.9. The van der Waals surface area contributed by atoms with Crippen LogP contribution in [0.25, 0.3) is 0 Å². The van der Waals surface area contributed by atoms with Crippen molar-refractivity contribution in [2.45, 2.75) is 58.6 Å². The van der Waals surface area contributed by atoms with E-state index in [-0.39, 0.29) is 24.2 Å². The number of hydrogen-bond acceptors (Lipinski definition) is 6. The summed E-state index contributed by atoms with van der Waals surface area (Å²) in [6.45, 7) is 11.1. The maximum atomic E-state index is 12.6. The van der Waals surface area contributed by atoms with Crippen molar-refractivity contribution in [1.82, 2.24) is 14.7 Å². The van der Waals surface area contributed by atoms with Crippen molar-refractivity contribution < 1.29 is 23.9 Å². The molecule has 188 valence electrons. The Bertz CT molecular complexity index is 852. The fourth-order valence-corrected chi connectivity index (χ4v) is 3.95.